The third kappa shape index (κ3) is 3.35. The van der Waals surface area contributed by atoms with Crippen LogP contribution in [0.5, 0.6) is 0 Å². The van der Waals surface area contributed by atoms with Crippen LogP contribution in [0.15, 0.2) is 12.2 Å². The van der Waals surface area contributed by atoms with Crippen LogP contribution in [0.3, 0.4) is 0 Å². The normalized spacial score (nSPS) is 31.5. The average Bonchev–Trinajstić information content (AvgIpc) is 3.22. The molecule has 1 unspecified atom stereocenters. The molecule has 2 amide bonds. The number of nitrogens with zero attached hydrogens (tertiary/aromatic N) is 3. The molecule has 0 spiro atoms. The van der Waals surface area contributed by atoms with Crippen molar-refractivity contribution in [1.82, 2.24) is 14.7 Å². The van der Waals surface area contributed by atoms with E-state index in [0.29, 0.717) is 32.8 Å². The van der Waals surface area contributed by atoms with Gasteiger partial charge in [-0.05, 0) is 39.8 Å². The van der Waals surface area contributed by atoms with Gasteiger partial charge in [0.05, 0.1) is 18.1 Å². The third-order valence-electron chi connectivity index (χ3n) is 5.60. The second-order valence-corrected chi connectivity index (χ2v) is 7.32. The number of amides is 2. The highest BCUT2D eigenvalue weighted by atomic mass is 16.5. The quantitative estimate of drug-likeness (QED) is 0.714. The number of carbonyl (C=O) groups is 2. The molecule has 3 rings (SSSR count). The number of piperazine rings is 1. The Balaban J connectivity index is 1.54. The van der Waals surface area contributed by atoms with Gasteiger partial charge in [-0.2, -0.15) is 0 Å². The van der Waals surface area contributed by atoms with E-state index < -0.39 is 0 Å². The molecule has 134 valence electrons. The molecule has 3 aliphatic rings. The second kappa shape index (κ2) is 7.23. The first-order chi connectivity index (χ1) is 11.5. The predicted molar refractivity (Wildman–Crippen MR) is 91.5 cm³/mol. The smallest absolute Gasteiger partial charge is 0.240 e. The first-order valence-corrected chi connectivity index (χ1v) is 9.04. The number of likely N-dealkylation sites (tertiary alicyclic amines) is 1. The van der Waals surface area contributed by atoms with Gasteiger partial charge >= 0.3 is 0 Å². The van der Waals surface area contributed by atoms with Crippen LogP contribution in [-0.4, -0.2) is 85.0 Å². The van der Waals surface area contributed by atoms with Crippen LogP contribution in [0, 0.1) is 5.92 Å². The number of hydrogen-bond donors (Lipinski definition) is 0. The molecule has 0 N–H and O–H groups in total. The molecule has 6 heteroatoms. The minimum Gasteiger partial charge on any atom is -0.373 e. The lowest BCUT2D eigenvalue weighted by molar-refractivity contribution is -0.144. The molecule has 0 aliphatic carbocycles. The predicted octanol–water partition coefficient (Wildman–Crippen LogP) is 0.733. The molecule has 3 saturated heterocycles. The zero-order valence-electron chi connectivity index (χ0n) is 14.9. The minimum atomic E-state index is -0.149. The highest BCUT2D eigenvalue weighted by Gasteiger charge is 2.39. The molecule has 0 aromatic heterocycles. The van der Waals surface area contributed by atoms with Crippen LogP contribution >= 0.6 is 0 Å². The van der Waals surface area contributed by atoms with Crippen molar-refractivity contribution >= 4 is 11.8 Å². The fraction of sp³-hybridized carbons (Fsp3) is 0.778. The third-order valence-corrected chi connectivity index (χ3v) is 5.60. The van der Waals surface area contributed by atoms with Crippen molar-refractivity contribution in [3.63, 3.8) is 0 Å². The van der Waals surface area contributed by atoms with Gasteiger partial charge < -0.3 is 14.5 Å². The van der Waals surface area contributed by atoms with E-state index in [1.165, 1.54) is 0 Å². The van der Waals surface area contributed by atoms with Crippen LogP contribution in [0.25, 0.3) is 0 Å². The molecule has 6 nitrogen and oxygen atoms in total. The van der Waals surface area contributed by atoms with Gasteiger partial charge in [0, 0.05) is 32.8 Å². The average molecular weight is 335 g/mol. The summed E-state index contributed by atoms with van der Waals surface area (Å²) < 4.78 is 5.66. The van der Waals surface area contributed by atoms with E-state index in [1.807, 2.05) is 23.8 Å². The van der Waals surface area contributed by atoms with Gasteiger partial charge in [0.15, 0.2) is 0 Å². The first kappa shape index (κ1) is 17.4. The van der Waals surface area contributed by atoms with Gasteiger partial charge in [0.25, 0.3) is 0 Å². The van der Waals surface area contributed by atoms with E-state index in [2.05, 4.69) is 11.5 Å². The van der Waals surface area contributed by atoms with Gasteiger partial charge in [0.1, 0.15) is 0 Å². The molecular weight excluding hydrogens is 306 g/mol. The summed E-state index contributed by atoms with van der Waals surface area (Å²) in [5, 5.41) is 0. The van der Waals surface area contributed by atoms with Crippen LogP contribution in [-0.2, 0) is 14.3 Å². The topological polar surface area (TPSA) is 53.1 Å². The van der Waals surface area contributed by atoms with Crippen LogP contribution < -0.4 is 0 Å². The van der Waals surface area contributed by atoms with E-state index in [1.54, 1.807) is 0 Å². The zero-order chi connectivity index (χ0) is 17.3. The maximum atomic E-state index is 12.8. The lowest BCUT2D eigenvalue weighted by Gasteiger charge is -2.38. The number of likely N-dealkylation sites (N-methyl/N-ethyl adjacent to an activating group) is 1. The van der Waals surface area contributed by atoms with E-state index >= 15 is 0 Å². The van der Waals surface area contributed by atoms with E-state index in [0.717, 1.165) is 31.4 Å². The van der Waals surface area contributed by atoms with Crippen molar-refractivity contribution < 1.29 is 14.3 Å². The van der Waals surface area contributed by atoms with E-state index in [9.17, 15) is 9.59 Å². The molecule has 0 radical (unpaired) electrons. The first-order valence-electron chi connectivity index (χ1n) is 9.04. The monoisotopic (exact) mass is 335 g/mol. The molecule has 0 bridgehead atoms. The van der Waals surface area contributed by atoms with Crippen molar-refractivity contribution in [2.45, 2.75) is 38.3 Å². The summed E-state index contributed by atoms with van der Waals surface area (Å²) in [5.41, 5.74) is 0.920. The van der Waals surface area contributed by atoms with Gasteiger partial charge in [0.2, 0.25) is 11.8 Å². The summed E-state index contributed by atoms with van der Waals surface area (Å²) in [7, 11) is 2.02. The zero-order valence-corrected chi connectivity index (χ0v) is 14.9. The Hall–Kier alpha value is -1.40. The maximum absolute atomic E-state index is 12.8. The van der Waals surface area contributed by atoms with Crippen molar-refractivity contribution in [1.29, 1.82) is 0 Å². The Morgan fingerprint density at radius 2 is 1.62 bits per heavy atom. The number of carbonyl (C=O) groups excluding carboxylic acids is 2. The molecule has 3 atom stereocenters. The maximum Gasteiger partial charge on any atom is 0.240 e. The van der Waals surface area contributed by atoms with E-state index in [-0.39, 0.29) is 29.9 Å². The Morgan fingerprint density at radius 1 is 1.00 bits per heavy atom. The molecule has 0 aromatic carbocycles. The van der Waals surface area contributed by atoms with Gasteiger partial charge in [-0.1, -0.05) is 12.2 Å². The highest BCUT2D eigenvalue weighted by molar-refractivity contribution is 5.83. The van der Waals surface area contributed by atoms with Crippen molar-refractivity contribution in [2.75, 3.05) is 46.4 Å². The van der Waals surface area contributed by atoms with Crippen LogP contribution in [0.1, 0.15) is 26.2 Å². The lowest BCUT2D eigenvalue weighted by Crippen LogP contribution is -2.55. The van der Waals surface area contributed by atoms with Crippen LogP contribution in [0.4, 0.5) is 0 Å². The largest absolute Gasteiger partial charge is 0.373 e. The van der Waals surface area contributed by atoms with Crippen molar-refractivity contribution in [3.8, 4) is 0 Å². The molecule has 3 aliphatic heterocycles. The van der Waals surface area contributed by atoms with Crippen molar-refractivity contribution in [3.05, 3.63) is 12.2 Å². The molecular formula is C18H29N3O3. The minimum absolute atomic E-state index is 0.0308. The van der Waals surface area contributed by atoms with Crippen LogP contribution in [0.2, 0.25) is 0 Å². The molecule has 3 heterocycles. The molecule has 24 heavy (non-hydrogen) atoms. The second-order valence-electron chi connectivity index (χ2n) is 7.32. The summed E-state index contributed by atoms with van der Waals surface area (Å²) in [6, 6.07) is 0.0308. The summed E-state index contributed by atoms with van der Waals surface area (Å²) in [5.74, 6) is 0.280. The van der Waals surface area contributed by atoms with Gasteiger partial charge in [-0.25, -0.2) is 0 Å². The molecule has 0 aromatic rings. The summed E-state index contributed by atoms with van der Waals surface area (Å²) in [6.45, 7) is 10.0. The highest BCUT2D eigenvalue weighted by Crippen LogP contribution is 2.28. The lowest BCUT2D eigenvalue weighted by atomic mass is 9.95. The Kier molecular flexibility index (Phi) is 5.25. The summed E-state index contributed by atoms with van der Waals surface area (Å²) in [6.07, 6.45) is 2.66. The number of hydrogen-bond acceptors (Lipinski definition) is 4. The van der Waals surface area contributed by atoms with Gasteiger partial charge in [-0.15, -0.1) is 0 Å². The van der Waals surface area contributed by atoms with Crippen molar-refractivity contribution in [2.24, 2.45) is 5.92 Å². The van der Waals surface area contributed by atoms with E-state index in [4.69, 9.17) is 4.74 Å². The number of ether oxygens (including phenoxy) is 1. The Bertz CT molecular complexity index is 514. The number of rotatable bonds is 3. The SMILES string of the molecule is C=C(C)[C@H]1OCC[C@H]1C(=O)N1CCN(C(=O)C2CCCN2C)CC1. The molecule has 3 fully saturated rings. The Labute approximate surface area is 144 Å². The standard InChI is InChI=1S/C18H29N3O3/c1-13(2)16-14(6-12-24-16)17(22)20-8-10-21(11-9-20)18(23)15-5-4-7-19(15)3/h14-16H,1,4-12H2,2-3H3/t14-,15?,16-/m1/s1. The Morgan fingerprint density at radius 3 is 2.17 bits per heavy atom. The molecule has 0 saturated carbocycles. The summed E-state index contributed by atoms with van der Waals surface area (Å²) >= 11 is 0. The summed E-state index contributed by atoms with van der Waals surface area (Å²) in [4.78, 5) is 31.4. The fourth-order valence-corrected chi connectivity index (χ4v) is 4.14. The van der Waals surface area contributed by atoms with Gasteiger partial charge in [-0.3, -0.25) is 14.5 Å². The fourth-order valence-electron chi connectivity index (χ4n) is 4.14.